The summed E-state index contributed by atoms with van der Waals surface area (Å²) in [5, 5.41) is 15.3. The molecule has 1 unspecified atom stereocenters. The van der Waals surface area contributed by atoms with Gasteiger partial charge < -0.3 is 9.84 Å². The van der Waals surface area contributed by atoms with Gasteiger partial charge in [-0.05, 0) is 32.0 Å². The normalized spacial score (nSPS) is 22.9. The fraction of sp³-hybridized carbons (Fsp3) is 0.385. The maximum absolute atomic E-state index is 12.3. The minimum absolute atomic E-state index is 0.337. The second kappa shape index (κ2) is 4.42. The summed E-state index contributed by atoms with van der Waals surface area (Å²) in [6.07, 6.45) is 0.364. The summed E-state index contributed by atoms with van der Waals surface area (Å²) in [4.78, 5) is 12.3. The average Bonchev–Trinajstić information content (AvgIpc) is 2.61. The number of hydrogen-bond acceptors (Lipinski definition) is 4. The smallest absolute Gasteiger partial charge is 0.276 e. The Hall–Kier alpha value is -1.88. The molecule has 5 nitrogen and oxygen atoms in total. The molecule has 1 aromatic rings. The van der Waals surface area contributed by atoms with Crippen molar-refractivity contribution in [2.45, 2.75) is 26.0 Å². The Bertz CT molecular complexity index is 509. The fourth-order valence-corrected chi connectivity index (χ4v) is 2.02. The van der Waals surface area contributed by atoms with Gasteiger partial charge in [0, 0.05) is 17.7 Å². The zero-order chi connectivity index (χ0) is 13.3. The lowest BCUT2D eigenvalue weighted by molar-refractivity contribution is -0.0553. The third-order valence-corrected chi connectivity index (χ3v) is 2.83. The predicted molar refractivity (Wildman–Crippen MR) is 67.5 cm³/mol. The third kappa shape index (κ3) is 2.22. The molecule has 0 bridgehead atoms. The minimum Gasteiger partial charge on any atom is -0.497 e. The summed E-state index contributed by atoms with van der Waals surface area (Å²) in [6.45, 7) is 3.36. The highest BCUT2D eigenvalue weighted by Gasteiger charge is 2.39. The molecule has 1 N–H and O–H groups in total. The highest BCUT2D eigenvalue weighted by atomic mass is 16.5. The number of carbonyl (C=O) groups excluding carboxylic acids is 1. The van der Waals surface area contributed by atoms with Crippen molar-refractivity contribution >= 4 is 11.6 Å². The number of amides is 1. The van der Waals surface area contributed by atoms with Gasteiger partial charge in [-0.2, -0.15) is 10.1 Å². The van der Waals surface area contributed by atoms with Crippen LogP contribution in [0.2, 0.25) is 0 Å². The molecule has 0 radical (unpaired) electrons. The number of carbonyl (C=O) groups is 1. The highest BCUT2D eigenvalue weighted by molar-refractivity contribution is 5.97. The van der Waals surface area contributed by atoms with Gasteiger partial charge in [0.25, 0.3) is 5.91 Å². The lowest BCUT2D eigenvalue weighted by atomic mass is 10.1. The van der Waals surface area contributed by atoms with Crippen LogP contribution in [-0.2, 0) is 0 Å². The number of rotatable bonds is 2. The Morgan fingerprint density at radius 1 is 1.56 bits per heavy atom. The molecule has 96 valence electrons. The van der Waals surface area contributed by atoms with Crippen LogP contribution in [0.15, 0.2) is 29.4 Å². The van der Waals surface area contributed by atoms with Crippen LogP contribution in [0, 0.1) is 0 Å². The number of hydrazone groups is 1. The van der Waals surface area contributed by atoms with Gasteiger partial charge in [-0.15, -0.1) is 0 Å². The Labute approximate surface area is 106 Å². The topological polar surface area (TPSA) is 62.1 Å². The molecule has 1 aromatic carbocycles. The number of methoxy groups -OCH3 is 1. The number of hydrogen-bond donors (Lipinski definition) is 1. The molecule has 0 aromatic heterocycles. The van der Waals surface area contributed by atoms with Crippen LogP contribution in [0.1, 0.15) is 30.6 Å². The third-order valence-electron chi connectivity index (χ3n) is 2.83. The molecule has 5 heteroatoms. The van der Waals surface area contributed by atoms with Crippen LogP contribution >= 0.6 is 0 Å². The van der Waals surface area contributed by atoms with Gasteiger partial charge >= 0.3 is 0 Å². The average molecular weight is 248 g/mol. The predicted octanol–water partition coefficient (Wildman–Crippen LogP) is 1.63. The standard InChI is InChI=1S/C13H16N2O3/c1-9-8-13(2,17)15(14-9)12(16)10-5-4-6-11(7-10)18-3/h4-7,17H,8H2,1-3H3. The molecule has 0 fully saturated rings. The molecule has 1 atom stereocenters. The van der Waals surface area contributed by atoms with Gasteiger partial charge in [-0.3, -0.25) is 4.79 Å². The van der Waals surface area contributed by atoms with E-state index in [-0.39, 0.29) is 5.91 Å². The van der Waals surface area contributed by atoms with E-state index < -0.39 is 5.72 Å². The largest absolute Gasteiger partial charge is 0.497 e. The quantitative estimate of drug-likeness (QED) is 0.865. The number of nitrogens with zero attached hydrogens (tertiary/aromatic N) is 2. The Kier molecular flexibility index (Phi) is 3.09. The lowest BCUT2D eigenvalue weighted by Crippen LogP contribution is -2.43. The van der Waals surface area contributed by atoms with Crippen LogP contribution < -0.4 is 4.74 Å². The van der Waals surface area contributed by atoms with Crippen molar-refractivity contribution in [1.82, 2.24) is 5.01 Å². The van der Waals surface area contributed by atoms with E-state index in [1.165, 1.54) is 7.11 Å². The van der Waals surface area contributed by atoms with Crippen LogP contribution in [0.3, 0.4) is 0 Å². The van der Waals surface area contributed by atoms with E-state index in [0.29, 0.717) is 17.7 Å². The molecule has 18 heavy (non-hydrogen) atoms. The molecule has 0 spiro atoms. The van der Waals surface area contributed by atoms with Crippen molar-refractivity contribution in [1.29, 1.82) is 0 Å². The zero-order valence-electron chi connectivity index (χ0n) is 10.7. The first-order chi connectivity index (χ1) is 8.44. The molecule has 1 amide bonds. The molecule has 1 aliphatic rings. The van der Waals surface area contributed by atoms with E-state index in [1.807, 2.05) is 0 Å². The van der Waals surface area contributed by atoms with E-state index in [0.717, 1.165) is 10.7 Å². The van der Waals surface area contributed by atoms with Crippen LogP contribution in [0.25, 0.3) is 0 Å². The van der Waals surface area contributed by atoms with Crippen LogP contribution in [0.4, 0.5) is 0 Å². The van der Waals surface area contributed by atoms with E-state index in [4.69, 9.17) is 4.74 Å². The van der Waals surface area contributed by atoms with E-state index in [2.05, 4.69) is 5.10 Å². The van der Waals surface area contributed by atoms with Crippen molar-refractivity contribution in [3.05, 3.63) is 29.8 Å². The SMILES string of the molecule is COc1cccc(C(=O)N2N=C(C)CC2(C)O)c1. The summed E-state index contributed by atoms with van der Waals surface area (Å²) >= 11 is 0. The summed E-state index contributed by atoms with van der Waals surface area (Å²) in [5.74, 6) is 0.260. The minimum atomic E-state index is -1.26. The highest BCUT2D eigenvalue weighted by Crippen LogP contribution is 2.27. The summed E-state index contributed by atoms with van der Waals surface area (Å²) in [5.41, 5.74) is -0.0890. The molecular formula is C13H16N2O3. The first-order valence-corrected chi connectivity index (χ1v) is 5.69. The van der Waals surface area contributed by atoms with Crippen molar-refractivity contribution in [3.63, 3.8) is 0 Å². The monoisotopic (exact) mass is 248 g/mol. The molecule has 1 aliphatic heterocycles. The lowest BCUT2D eigenvalue weighted by Gasteiger charge is -2.27. The van der Waals surface area contributed by atoms with Gasteiger partial charge in [0.2, 0.25) is 0 Å². The Morgan fingerprint density at radius 3 is 2.83 bits per heavy atom. The van der Waals surface area contributed by atoms with Crippen LogP contribution in [0.5, 0.6) is 5.75 Å². The second-order valence-corrected chi connectivity index (χ2v) is 4.58. The number of ether oxygens (including phenoxy) is 1. The van der Waals surface area contributed by atoms with Crippen molar-refractivity contribution in [2.75, 3.05) is 7.11 Å². The summed E-state index contributed by atoms with van der Waals surface area (Å²) in [6, 6.07) is 6.78. The molecule has 0 saturated carbocycles. The first-order valence-electron chi connectivity index (χ1n) is 5.69. The van der Waals surface area contributed by atoms with Gasteiger partial charge in [-0.1, -0.05) is 6.07 Å². The van der Waals surface area contributed by atoms with E-state index in [1.54, 1.807) is 38.1 Å². The number of aliphatic hydroxyl groups is 1. The molecule has 0 saturated heterocycles. The van der Waals surface area contributed by atoms with Gasteiger partial charge in [0.05, 0.1) is 7.11 Å². The zero-order valence-corrected chi connectivity index (χ0v) is 10.7. The second-order valence-electron chi connectivity index (χ2n) is 4.58. The fourth-order valence-electron chi connectivity index (χ4n) is 2.02. The summed E-state index contributed by atoms with van der Waals surface area (Å²) < 4.78 is 5.07. The van der Waals surface area contributed by atoms with Crippen molar-refractivity contribution in [2.24, 2.45) is 5.10 Å². The van der Waals surface area contributed by atoms with Gasteiger partial charge in [-0.25, -0.2) is 0 Å². The Balaban J connectivity index is 2.31. The van der Waals surface area contributed by atoms with Gasteiger partial charge in [0.1, 0.15) is 5.75 Å². The maximum Gasteiger partial charge on any atom is 0.276 e. The first kappa shape index (κ1) is 12.6. The maximum atomic E-state index is 12.3. The Morgan fingerprint density at radius 2 is 2.28 bits per heavy atom. The van der Waals surface area contributed by atoms with E-state index in [9.17, 15) is 9.90 Å². The van der Waals surface area contributed by atoms with E-state index >= 15 is 0 Å². The molecule has 0 aliphatic carbocycles. The number of benzene rings is 1. The van der Waals surface area contributed by atoms with Gasteiger partial charge in [0.15, 0.2) is 5.72 Å². The van der Waals surface area contributed by atoms with Crippen molar-refractivity contribution in [3.8, 4) is 5.75 Å². The summed E-state index contributed by atoms with van der Waals surface area (Å²) in [7, 11) is 1.54. The van der Waals surface area contributed by atoms with Crippen LogP contribution in [-0.4, -0.2) is 34.6 Å². The van der Waals surface area contributed by atoms with Crippen molar-refractivity contribution < 1.29 is 14.6 Å². The molecular weight excluding hydrogens is 232 g/mol. The molecule has 1 heterocycles. The molecule has 2 rings (SSSR count).